The molecule has 0 fully saturated rings. The number of hydrogen-bond donors (Lipinski definition) is 1. The molecule has 4 nitrogen and oxygen atoms in total. The van der Waals surface area contributed by atoms with Gasteiger partial charge in [-0.2, -0.15) is 13.2 Å². The predicted molar refractivity (Wildman–Crippen MR) is 74.1 cm³/mol. The van der Waals surface area contributed by atoms with Crippen molar-refractivity contribution in [1.82, 2.24) is 0 Å². The van der Waals surface area contributed by atoms with E-state index in [-0.39, 0.29) is 17.2 Å². The molecular weight excluding hydrogens is 299 g/mol. The molecule has 0 heterocycles. The lowest BCUT2D eigenvalue weighted by Crippen LogP contribution is -2.18. The van der Waals surface area contributed by atoms with Crippen LogP contribution >= 0.6 is 0 Å². The Morgan fingerprint density at radius 1 is 1.09 bits per heavy atom. The van der Waals surface area contributed by atoms with Crippen LogP contribution in [0.3, 0.4) is 0 Å². The van der Waals surface area contributed by atoms with Crippen molar-refractivity contribution in [3.63, 3.8) is 0 Å². The number of para-hydroxylation sites is 1. The van der Waals surface area contributed by atoms with Gasteiger partial charge in [-0.25, -0.2) is 4.79 Å². The van der Waals surface area contributed by atoms with Crippen LogP contribution < -0.4 is 14.8 Å². The Morgan fingerprint density at radius 3 is 2.36 bits per heavy atom. The summed E-state index contributed by atoms with van der Waals surface area (Å²) in [6, 6.07) is 10.9. The molecule has 2 rings (SSSR count). The van der Waals surface area contributed by atoms with E-state index >= 15 is 0 Å². The zero-order chi connectivity index (χ0) is 16.2. The Morgan fingerprint density at radius 2 is 1.77 bits per heavy atom. The zero-order valence-electron chi connectivity index (χ0n) is 11.5. The Kier molecular flexibility index (Phi) is 4.55. The average molecular weight is 311 g/mol. The zero-order valence-corrected chi connectivity index (χ0v) is 11.5. The Labute approximate surface area is 124 Å². The van der Waals surface area contributed by atoms with Crippen LogP contribution in [-0.4, -0.2) is 13.2 Å². The monoisotopic (exact) mass is 311 g/mol. The molecule has 116 valence electrons. The van der Waals surface area contributed by atoms with E-state index in [9.17, 15) is 18.0 Å². The summed E-state index contributed by atoms with van der Waals surface area (Å²) in [7, 11) is 1.29. The maximum absolute atomic E-state index is 12.7. The van der Waals surface area contributed by atoms with Crippen LogP contribution in [0, 0.1) is 0 Å². The molecule has 0 bridgehead atoms. The van der Waals surface area contributed by atoms with Gasteiger partial charge in [0, 0.05) is 0 Å². The molecule has 2 aromatic rings. The molecular formula is C15H12F3NO3. The number of benzene rings is 2. The number of ether oxygens (including phenoxy) is 2. The molecule has 0 spiro atoms. The number of carbonyl (C=O) groups is 1. The van der Waals surface area contributed by atoms with Gasteiger partial charge >= 0.3 is 12.3 Å². The van der Waals surface area contributed by atoms with Crippen LogP contribution in [0.5, 0.6) is 11.5 Å². The molecule has 0 atom stereocenters. The van der Waals surface area contributed by atoms with Crippen molar-refractivity contribution >= 4 is 11.8 Å². The highest BCUT2D eigenvalue weighted by atomic mass is 19.4. The lowest BCUT2D eigenvalue weighted by molar-refractivity contribution is -0.137. The maximum Gasteiger partial charge on any atom is 0.417 e. The average Bonchev–Trinajstić information content (AvgIpc) is 2.47. The van der Waals surface area contributed by atoms with Crippen molar-refractivity contribution in [3.8, 4) is 11.5 Å². The summed E-state index contributed by atoms with van der Waals surface area (Å²) >= 11 is 0. The third-order valence-corrected chi connectivity index (χ3v) is 2.72. The Bertz CT molecular complexity index is 657. The van der Waals surface area contributed by atoms with Crippen LogP contribution in [0.25, 0.3) is 0 Å². The number of amides is 1. The van der Waals surface area contributed by atoms with Crippen molar-refractivity contribution in [2.24, 2.45) is 0 Å². The van der Waals surface area contributed by atoms with Gasteiger partial charge in [0.25, 0.3) is 0 Å². The van der Waals surface area contributed by atoms with Gasteiger partial charge in [-0.3, -0.25) is 5.32 Å². The molecule has 22 heavy (non-hydrogen) atoms. The highest BCUT2D eigenvalue weighted by molar-refractivity contribution is 5.88. The van der Waals surface area contributed by atoms with E-state index in [2.05, 4.69) is 5.32 Å². The third kappa shape index (κ3) is 3.91. The van der Waals surface area contributed by atoms with Gasteiger partial charge in [0.05, 0.1) is 18.4 Å². The smallest absolute Gasteiger partial charge is 0.417 e. The lowest BCUT2D eigenvalue weighted by atomic mass is 10.2. The predicted octanol–water partition coefficient (Wildman–Crippen LogP) is 4.32. The molecule has 7 heteroatoms. The standard InChI is InChI=1S/C15H12F3NO3/c1-21-13-8-7-10(15(16,17)18)9-12(13)19-14(20)22-11-5-3-2-4-6-11/h2-9H,1H3,(H,19,20). The van der Waals surface area contributed by atoms with Gasteiger partial charge in [0.15, 0.2) is 0 Å². The highest BCUT2D eigenvalue weighted by Gasteiger charge is 2.31. The van der Waals surface area contributed by atoms with Crippen LogP contribution in [-0.2, 0) is 6.18 Å². The normalized spacial score (nSPS) is 10.9. The molecule has 0 saturated heterocycles. The molecule has 0 saturated carbocycles. The van der Waals surface area contributed by atoms with Gasteiger partial charge < -0.3 is 9.47 Å². The van der Waals surface area contributed by atoms with Crippen molar-refractivity contribution in [2.75, 3.05) is 12.4 Å². The number of alkyl halides is 3. The minimum atomic E-state index is -4.52. The summed E-state index contributed by atoms with van der Waals surface area (Å²) in [6.45, 7) is 0. The Balaban J connectivity index is 2.18. The molecule has 1 amide bonds. The van der Waals surface area contributed by atoms with E-state index in [0.717, 1.165) is 18.2 Å². The first-order valence-electron chi connectivity index (χ1n) is 6.19. The summed E-state index contributed by atoms with van der Waals surface area (Å²) < 4.78 is 48.0. The summed E-state index contributed by atoms with van der Waals surface area (Å²) in [4.78, 5) is 11.7. The first-order chi connectivity index (χ1) is 10.4. The second-order valence-electron chi connectivity index (χ2n) is 4.24. The molecule has 0 radical (unpaired) electrons. The number of hydrogen-bond acceptors (Lipinski definition) is 3. The molecule has 0 aliphatic carbocycles. The van der Waals surface area contributed by atoms with E-state index in [0.29, 0.717) is 0 Å². The fourth-order valence-electron chi connectivity index (χ4n) is 1.71. The van der Waals surface area contributed by atoms with Gasteiger partial charge in [-0.15, -0.1) is 0 Å². The molecule has 1 N–H and O–H groups in total. The van der Waals surface area contributed by atoms with E-state index in [1.165, 1.54) is 7.11 Å². The SMILES string of the molecule is COc1ccc(C(F)(F)F)cc1NC(=O)Oc1ccccc1. The molecule has 0 unspecified atom stereocenters. The molecule has 2 aromatic carbocycles. The lowest BCUT2D eigenvalue weighted by Gasteiger charge is -2.13. The largest absolute Gasteiger partial charge is 0.495 e. The number of anilines is 1. The van der Waals surface area contributed by atoms with Crippen molar-refractivity contribution in [3.05, 3.63) is 54.1 Å². The second-order valence-corrected chi connectivity index (χ2v) is 4.24. The minimum absolute atomic E-state index is 0.0954. The van der Waals surface area contributed by atoms with Gasteiger partial charge in [0.2, 0.25) is 0 Å². The number of nitrogens with one attached hydrogen (secondary N) is 1. The Hall–Kier alpha value is -2.70. The van der Waals surface area contributed by atoms with Gasteiger partial charge in [0.1, 0.15) is 11.5 Å². The van der Waals surface area contributed by atoms with E-state index in [4.69, 9.17) is 9.47 Å². The highest BCUT2D eigenvalue weighted by Crippen LogP contribution is 2.35. The van der Waals surface area contributed by atoms with Crippen molar-refractivity contribution in [1.29, 1.82) is 0 Å². The number of halogens is 3. The third-order valence-electron chi connectivity index (χ3n) is 2.72. The van der Waals surface area contributed by atoms with Crippen molar-refractivity contribution in [2.45, 2.75) is 6.18 Å². The summed E-state index contributed by atoms with van der Waals surface area (Å²) in [5.41, 5.74) is -1.03. The second kappa shape index (κ2) is 6.38. The maximum atomic E-state index is 12.7. The fourth-order valence-corrected chi connectivity index (χ4v) is 1.71. The van der Waals surface area contributed by atoms with E-state index in [1.54, 1.807) is 30.3 Å². The summed E-state index contributed by atoms with van der Waals surface area (Å²) in [5, 5.41) is 2.24. The van der Waals surface area contributed by atoms with Crippen LogP contribution in [0.4, 0.5) is 23.7 Å². The number of carbonyl (C=O) groups excluding carboxylic acids is 1. The molecule has 0 aromatic heterocycles. The van der Waals surface area contributed by atoms with E-state index < -0.39 is 17.8 Å². The minimum Gasteiger partial charge on any atom is -0.495 e. The van der Waals surface area contributed by atoms with Crippen molar-refractivity contribution < 1.29 is 27.4 Å². The van der Waals surface area contributed by atoms with Gasteiger partial charge in [-0.05, 0) is 30.3 Å². The first kappa shape index (κ1) is 15.7. The van der Waals surface area contributed by atoms with Crippen LogP contribution in [0.1, 0.15) is 5.56 Å². The van der Waals surface area contributed by atoms with Gasteiger partial charge in [-0.1, -0.05) is 18.2 Å². The van der Waals surface area contributed by atoms with Crippen LogP contribution in [0.2, 0.25) is 0 Å². The molecule has 0 aliphatic heterocycles. The topological polar surface area (TPSA) is 47.6 Å². The molecule has 0 aliphatic rings. The number of rotatable bonds is 3. The first-order valence-corrected chi connectivity index (χ1v) is 6.19. The summed E-state index contributed by atoms with van der Waals surface area (Å²) in [6.07, 6.45) is -5.43. The number of methoxy groups -OCH3 is 1. The fraction of sp³-hybridized carbons (Fsp3) is 0.133. The van der Waals surface area contributed by atoms with E-state index in [1.807, 2.05) is 0 Å². The van der Waals surface area contributed by atoms with Crippen LogP contribution in [0.15, 0.2) is 48.5 Å². The quantitative estimate of drug-likeness (QED) is 0.918. The summed E-state index contributed by atoms with van der Waals surface area (Å²) in [5.74, 6) is 0.365.